The predicted molar refractivity (Wildman–Crippen MR) is 65.3 cm³/mol. The summed E-state index contributed by atoms with van der Waals surface area (Å²) in [7, 11) is 0. The van der Waals surface area contributed by atoms with E-state index < -0.39 is 5.97 Å². The monoisotopic (exact) mass is 258 g/mol. The Morgan fingerprint density at radius 2 is 1.83 bits per heavy atom. The van der Waals surface area contributed by atoms with Crippen molar-refractivity contribution in [1.82, 2.24) is 0 Å². The van der Waals surface area contributed by atoms with Crippen molar-refractivity contribution < 1.29 is 44.6 Å². The second-order valence-electron chi connectivity index (χ2n) is 4.34. The van der Waals surface area contributed by atoms with E-state index in [1.54, 1.807) is 6.07 Å². The van der Waals surface area contributed by atoms with Crippen LogP contribution in [0.25, 0.3) is 0 Å². The van der Waals surface area contributed by atoms with E-state index in [2.05, 4.69) is 6.92 Å². The Hall–Kier alpha value is -0.510. The first-order chi connectivity index (χ1) is 8.13. The molecule has 1 aromatic rings. The molecular formula is C14H19NaO3. The molecule has 18 heavy (non-hydrogen) atoms. The zero-order valence-electron chi connectivity index (χ0n) is 11.2. The Morgan fingerprint density at radius 1 is 1.17 bits per heavy atom. The maximum Gasteiger partial charge on any atom is 1.00 e. The number of carbonyl (C=O) groups is 1. The van der Waals surface area contributed by atoms with Crippen LogP contribution >= 0.6 is 0 Å². The van der Waals surface area contributed by atoms with Gasteiger partial charge in [-0.15, -0.1) is 5.75 Å². The summed E-state index contributed by atoms with van der Waals surface area (Å²) in [6.45, 7) is 2.17. The van der Waals surface area contributed by atoms with Crippen LogP contribution in [0.1, 0.15) is 54.9 Å². The Balaban J connectivity index is 0.00000289. The second-order valence-corrected chi connectivity index (χ2v) is 4.34. The molecular weight excluding hydrogens is 239 g/mol. The van der Waals surface area contributed by atoms with Gasteiger partial charge in [0, 0.05) is 0 Å². The molecule has 3 nitrogen and oxygen atoms in total. The Labute approximate surface area is 131 Å². The predicted octanol–water partition coefficient (Wildman–Crippen LogP) is -0.0247. The van der Waals surface area contributed by atoms with E-state index in [4.69, 9.17) is 5.11 Å². The molecule has 4 heteroatoms. The van der Waals surface area contributed by atoms with Gasteiger partial charge in [-0.25, -0.2) is 4.79 Å². The van der Waals surface area contributed by atoms with Gasteiger partial charge in [-0.2, -0.15) is 0 Å². The number of benzene rings is 1. The molecule has 0 unspecified atom stereocenters. The van der Waals surface area contributed by atoms with Crippen LogP contribution < -0.4 is 34.7 Å². The molecule has 0 saturated carbocycles. The molecule has 1 aromatic carbocycles. The normalized spacial score (nSPS) is 9.83. The average molecular weight is 258 g/mol. The van der Waals surface area contributed by atoms with Crippen molar-refractivity contribution in [3.05, 3.63) is 29.3 Å². The van der Waals surface area contributed by atoms with Crippen molar-refractivity contribution in [3.63, 3.8) is 0 Å². The topological polar surface area (TPSA) is 60.4 Å². The number of rotatable bonds is 7. The van der Waals surface area contributed by atoms with Crippen molar-refractivity contribution in [3.8, 4) is 5.75 Å². The summed E-state index contributed by atoms with van der Waals surface area (Å²) in [4.78, 5) is 10.8. The standard InChI is InChI=1S/C14H20O3.Na/c1-2-3-4-5-6-7-11-8-12(14(16)17)10-13(15)9-11;/h8-10,15H,2-7H2,1H3,(H,16,17);/q;+1/p-1. The first-order valence-corrected chi connectivity index (χ1v) is 6.17. The van der Waals surface area contributed by atoms with Crippen LogP contribution in [0.5, 0.6) is 5.75 Å². The summed E-state index contributed by atoms with van der Waals surface area (Å²) >= 11 is 0. The van der Waals surface area contributed by atoms with Gasteiger partial charge in [-0.1, -0.05) is 44.7 Å². The molecule has 0 amide bonds. The van der Waals surface area contributed by atoms with Gasteiger partial charge in [0.1, 0.15) is 0 Å². The van der Waals surface area contributed by atoms with Crippen LogP contribution in [0, 0.1) is 0 Å². The van der Waals surface area contributed by atoms with E-state index in [1.807, 2.05) is 0 Å². The molecule has 0 bridgehead atoms. The quantitative estimate of drug-likeness (QED) is 0.552. The smallest absolute Gasteiger partial charge is 0.872 e. The molecule has 0 aromatic heterocycles. The van der Waals surface area contributed by atoms with Crippen LogP contribution in [0.2, 0.25) is 0 Å². The minimum absolute atomic E-state index is 0. The van der Waals surface area contributed by atoms with E-state index in [-0.39, 0.29) is 40.9 Å². The number of carboxylic acid groups (broad SMARTS) is 1. The third-order valence-electron chi connectivity index (χ3n) is 2.78. The third-order valence-corrected chi connectivity index (χ3v) is 2.78. The van der Waals surface area contributed by atoms with Gasteiger partial charge in [0.05, 0.1) is 5.56 Å². The molecule has 1 N–H and O–H groups in total. The minimum atomic E-state index is -1.03. The van der Waals surface area contributed by atoms with Gasteiger partial charge in [-0.3, -0.25) is 0 Å². The summed E-state index contributed by atoms with van der Waals surface area (Å²) in [6, 6.07) is 4.30. The summed E-state index contributed by atoms with van der Waals surface area (Å²) in [5.74, 6) is -1.25. The van der Waals surface area contributed by atoms with Crippen LogP contribution in [0.3, 0.4) is 0 Å². The fourth-order valence-electron chi connectivity index (χ4n) is 1.86. The molecule has 1 rings (SSSR count). The fourth-order valence-corrected chi connectivity index (χ4v) is 1.86. The summed E-state index contributed by atoms with van der Waals surface area (Å²) < 4.78 is 0. The Morgan fingerprint density at radius 3 is 2.44 bits per heavy atom. The molecule has 0 fully saturated rings. The van der Waals surface area contributed by atoms with Crippen molar-refractivity contribution in [2.75, 3.05) is 0 Å². The van der Waals surface area contributed by atoms with Crippen molar-refractivity contribution in [2.45, 2.75) is 45.4 Å². The molecule has 0 aliphatic heterocycles. The van der Waals surface area contributed by atoms with Crippen LogP contribution in [-0.4, -0.2) is 11.1 Å². The molecule has 0 heterocycles. The maximum absolute atomic E-state index is 11.3. The molecule has 0 atom stereocenters. The molecule has 0 saturated heterocycles. The number of aryl methyl sites for hydroxylation is 1. The van der Waals surface area contributed by atoms with Gasteiger partial charge in [0.25, 0.3) is 0 Å². The number of aromatic carboxylic acids is 1. The molecule has 0 aliphatic rings. The SMILES string of the molecule is CCCCCCCc1cc([O-])cc(C(=O)O)c1.[Na+]. The van der Waals surface area contributed by atoms with E-state index in [9.17, 15) is 9.90 Å². The summed E-state index contributed by atoms with van der Waals surface area (Å²) in [6.07, 6.45) is 6.60. The van der Waals surface area contributed by atoms with Crippen LogP contribution in [0.4, 0.5) is 0 Å². The van der Waals surface area contributed by atoms with E-state index >= 15 is 0 Å². The van der Waals surface area contributed by atoms with Crippen molar-refractivity contribution >= 4 is 5.97 Å². The van der Waals surface area contributed by atoms with Gasteiger partial charge in [0.15, 0.2) is 0 Å². The largest absolute Gasteiger partial charge is 1.00 e. The van der Waals surface area contributed by atoms with Crippen LogP contribution in [-0.2, 0) is 6.42 Å². The number of hydrogen-bond donors (Lipinski definition) is 1. The molecule has 0 aliphatic carbocycles. The first kappa shape index (κ1) is 17.5. The molecule has 0 radical (unpaired) electrons. The summed E-state index contributed by atoms with van der Waals surface area (Å²) in [5, 5.41) is 20.1. The van der Waals surface area contributed by atoms with Gasteiger partial charge < -0.3 is 10.2 Å². The Bertz CT molecular complexity index is 377. The minimum Gasteiger partial charge on any atom is -0.872 e. The zero-order valence-corrected chi connectivity index (χ0v) is 13.2. The summed E-state index contributed by atoms with van der Waals surface area (Å²) in [5.41, 5.74) is 0.937. The van der Waals surface area contributed by atoms with E-state index in [0.717, 1.165) is 24.8 Å². The van der Waals surface area contributed by atoms with Gasteiger partial charge in [-0.05, 0) is 24.5 Å². The Kier molecular flexibility index (Phi) is 9.16. The first-order valence-electron chi connectivity index (χ1n) is 6.17. The van der Waals surface area contributed by atoms with Crippen molar-refractivity contribution in [1.29, 1.82) is 0 Å². The van der Waals surface area contributed by atoms with E-state index in [0.29, 0.717) is 0 Å². The van der Waals surface area contributed by atoms with Gasteiger partial charge >= 0.3 is 35.5 Å². The second kappa shape index (κ2) is 9.42. The van der Waals surface area contributed by atoms with Crippen LogP contribution in [0.15, 0.2) is 18.2 Å². The third kappa shape index (κ3) is 6.43. The molecule has 0 spiro atoms. The molecule has 94 valence electrons. The maximum atomic E-state index is 11.3. The number of hydrogen-bond acceptors (Lipinski definition) is 2. The van der Waals surface area contributed by atoms with Gasteiger partial charge in [0.2, 0.25) is 0 Å². The fraction of sp³-hybridized carbons (Fsp3) is 0.500. The number of carboxylic acids is 1. The zero-order chi connectivity index (χ0) is 12.7. The van der Waals surface area contributed by atoms with Crippen molar-refractivity contribution in [2.24, 2.45) is 0 Å². The average Bonchev–Trinajstić information content (AvgIpc) is 2.28. The van der Waals surface area contributed by atoms with E-state index in [1.165, 1.54) is 31.4 Å². The number of unbranched alkanes of at least 4 members (excludes halogenated alkanes) is 4.